The molecule has 212 valence electrons. The minimum Gasteiger partial charge on any atom is -0.311 e. The predicted octanol–water partition coefficient (Wildman–Crippen LogP) is 11.1. The average molecular weight is 566 g/mol. The van der Waals surface area contributed by atoms with Crippen LogP contribution in [-0.4, -0.2) is 0 Å². The summed E-state index contributed by atoms with van der Waals surface area (Å²) >= 11 is 0. The number of rotatable bonds is 6. The van der Waals surface area contributed by atoms with Gasteiger partial charge in [0.05, 0.1) is 5.41 Å². The Morgan fingerprint density at radius 2 is 1.23 bits per heavy atom. The standard InChI is InChI=1S/C43H35N/c1-4-14-32(15-5-1)33-24-28-37(29-25-33)44(36-18-8-3-9-19-36)38-30-26-35(27-31-38)43(34-16-6-2-7-17-34)41-22-12-10-20-39(41)40-21-11-13-23-42(40)43/h1-10,12-20,22-26,28-31,35H,11,21,27H2. The van der Waals surface area contributed by atoms with Crippen molar-refractivity contribution in [1.82, 2.24) is 0 Å². The van der Waals surface area contributed by atoms with Crippen LogP contribution in [0.3, 0.4) is 0 Å². The molecule has 5 aromatic rings. The molecule has 5 aromatic carbocycles. The van der Waals surface area contributed by atoms with E-state index in [1.54, 1.807) is 0 Å². The maximum atomic E-state index is 2.49. The number of allylic oxidation sites excluding steroid dienone is 7. The van der Waals surface area contributed by atoms with E-state index in [1.165, 1.54) is 50.3 Å². The first kappa shape index (κ1) is 26.5. The Kier molecular flexibility index (Phi) is 6.72. The highest BCUT2D eigenvalue weighted by molar-refractivity contribution is 5.86. The van der Waals surface area contributed by atoms with Crippen LogP contribution in [0.2, 0.25) is 0 Å². The molecule has 0 bridgehead atoms. The first-order valence-corrected chi connectivity index (χ1v) is 15.8. The number of hydrogen-bond donors (Lipinski definition) is 0. The Hall–Kier alpha value is -5.14. The Morgan fingerprint density at radius 3 is 1.95 bits per heavy atom. The van der Waals surface area contributed by atoms with E-state index in [2.05, 4.69) is 175 Å². The second-order valence-corrected chi connectivity index (χ2v) is 12.0. The monoisotopic (exact) mass is 565 g/mol. The molecule has 0 aromatic heterocycles. The van der Waals surface area contributed by atoms with Gasteiger partial charge >= 0.3 is 0 Å². The highest BCUT2D eigenvalue weighted by atomic mass is 15.1. The molecule has 0 heterocycles. The minimum atomic E-state index is -0.211. The van der Waals surface area contributed by atoms with Crippen molar-refractivity contribution in [2.45, 2.75) is 24.7 Å². The fraction of sp³-hybridized carbons (Fsp3) is 0.116. The van der Waals surface area contributed by atoms with E-state index in [1.807, 2.05) is 0 Å². The Balaban J connectivity index is 1.21. The van der Waals surface area contributed by atoms with Gasteiger partial charge in [0.25, 0.3) is 0 Å². The third-order valence-corrected chi connectivity index (χ3v) is 9.64. The van der Waals surface area contributed by atoms with Crippen molar-refractivity contribution in [3.8, 4) is 11.1 Å². The summed E-state index contributed by atoms with van der Waals surface area (Å²) in [6, 6.07) is 50.7. The van der Waals surface area contributed by atoms with Crippen LogP contribution < -0.4 is 4.90 Å². The minimum absolute atomic E-state index is 0.211. The molecular weight excluding hydrogens is 530 g/mol. The maximum absolute atomic E-state index is 2.49. The average Bonchev–Trinajstić information content (AvgIpc) is 3.41. The van der Waals surface area contributed by atoms with Crippen molar-refractivity contribution in [2.75, 3.05) is 4.90 Å². The molecule has 2 unspecified atom stereocenters. The zero-order valence-corrected chi connectivity index (χ0v) is 24.8. The molecule has 3 aliphatic carbocycles. The molecule has 0 N–H and O–H groups in total. The molecule has 0 fully saturated rings. The van der Waals surface area contributed by atoms with E-state index in [4.69, 9.17) is 0 Å². The molecule has 0 aliphatic heterocycles. The first-order chi connectivity index (χ1) is 21.8. The second-order valence-electron chi connectivity index (χ2n) is 12.0. The molecule has 44 heavy (non-hydrogen) atoms. The van der Waals surface area contributed by atoms with Crippen LogP contribution in [0.5, 0.6) is 0 Å². The fourth-order valence-electron chi connectivity index (χ4n) is 7.73. The molecular formula is C43H35N. The SMILES string of the molecule is C1=CC2=C(CC1)c1ccccc1C2(c1ccccc1)C1C=CC(N(c2ccccc2)c2ccc(-c3ccccc3)cc2)=CC1. The number of benzene rings is 5. The van der Waals surface area contributed by atoms with E-state index < -0.39 is 0 Å². The third-order valence-electron chi connectivity index (χ3n) is 9.64. The largest absolute Gasteiger partial charge is 0.311 e. The Bertz CT molecular complexity index is 1910. The lowest BCUT2D eigenvalue weighted by Crippen LogP contribution is -2.37. The Morgan fingerprint density at radius 1 is 0.591 bits per heavy atom. The summed E-state index contributed by atoms with van der Waals surface area (Å²) in [4.78, 5) is 2.39. The van der Waals surface area contributed by atoms with Crippen LogP contribution in [0.1, 0.15) is 36.0 Å². The smallest absolute Gasteiger partial charge is 0.0525 e. The van der Waals surface area contributed by atoms with E-state index >= 15 is 0 Å². The summed E-state index contributed by atoms with van der Waals surface area (Å²) in [5, 5.41) is 0. The van der Waals surface area contributed by atoms with Crippen molar-refractivity contribution < 1.29 is 0 Å². The zero-order chi connectivity index (χ0) is 29.3. The summed E-state index contributed by atoms with van der Waals surface area (Å²) in [6.45, 7) is 0. The van der Waals surface area contributed by atoms with Crippen molar-refractivity contribution >= 4 is 16.9 Å². The second kappa shape index (κ2) is 11.2. The van der Waals surface area contributed by atoms with Crippen LogP contribution in [0, 0.1) is 5.92 Å². The van der Waals surface area contributed by atoms with Crippen LogP contribution in [-0.2, 0) is 5.41 Å². The third kappa shape index (κ3) is 4.31. The van der Waals surface area contributed by atoms with Gasteiger partial charge in [-0.3, -0.25) is 0 Å². The van der Waals surface area contributed by atoms with E-state index in [0.29, 0.717) is 5.92 Å². The topological polar surface area (TPSA) is 3.24 Å². The van der Waals surface area contributed by atoms with Gasteiger partial charge in [0.1, 0.15) is 0 Å². The van der Waals surface area contributed by atoms with Gasteiger partial charge in [-0.05, 0) is 94.5 Å². The summed E-state index contributed by atoms with van der Waals surface area (Å²) in [5.74, 6) is 0.295. The molecule has 0 saturated heterocycles. The van der Waals surface area contributed by atoms with E-state index in [0.717, 1.165) is 24.9 Å². The molecule has 1 nitrogen and oxygen atoms in total. The van der Waals surface area contributed by atoms with E-state index in [-0.39, 0.29) is 5.41 Å². The highest BCUT2D eigenvalue weighted by Gasteiger charge is 2.50. The maximum Gasteiger partial charge on any atom is 0.0525 e. The lowest BCUT2D eigenvalue weighted by molar-refractivity contribution is 0.451. The van der Waals surface area contributed by atoms with Crippen molar-refractivity contribution in [1.29, 1.82) is 0 Å². The van der Waals surface area contributed by atoms with Crippen LogP contribution in [0.25, 0.3) is 16.7 Å². The molecule has 0 saturated carbocycles. The zero-order valence-electron chi connectivity index (χ0n) is 24.8. The van der Waals surface area contributed by atoms with Gasteiger partial charge in [0, 0.05) is 17.1 Å². The van der Waals surface area contributed by atoms with Crippen molar-refractivity contribution in [3.05, 3.63) is 198 Å². The highest BCUT2D eigenvalue weighted by Crippen LogP contribution is 2.58. The van der Waals surface area contributed by atoms with Crippen LogP contribution in [0.15, 0.2) is 181 Å². The van der Waals surface area contributed by atoms with Crippen LogP contribution >= 0.6 is 0 Å². The molecule has 0 amide bonds. The molecule has 3 aliphatic rings. The van der Waals surface area contributed by atoms with Gasteiger partial charge in [0.15, 0.2) is 0 Å². The van der Waals surface area contributed by atoms with Crippen LogP contribution in [0.4, 0.5) is 11.4 Å². The molecule has 0 radical (unpaired) electrons. The van der Waals surface area contributed by atoms with Gasteiger partial charge in [-0.2, -0.15) is 0 Å². The summed E-state index contributed by atoms with van der Waals surface area (Å²) in [6.07, 6.45) is 15.3. The summed E-state index contributed by atoms with van der Waals surface area (Å²) < 4.78 is 0. The van der Waals surface area contributed by atoms with Gasteiger partial charge < -0.3 is 4.90 Å². The lowest BCUT2D eigenvalue weighted by Gasteiger charge is -2.42. The van der Waals surface area contributed by atoms with Gasteiger partial charge in [-0.25, -0.2) is 0 Å². The molecule has 8 rings (SSSR count). The van der Waals surface area contributed by atoms with Gasteiger partial charge in [-0.15, -0.1) is 0 Å². The lowest BCUT2D eigenvalue weighted by atomic mass is 9.61. The number of para-hydroxylation sites is 1. The number of nitrogens with zero attached hydrogens (tertiary/aromatic N) is 1. The van der Waals surface area contributed by atoms with Crippen molar-refractivity contribution in [3.63, 3.8) is 0 Å². The first-order valence-electron chi connectivity index (χ1n) is 15.8. The molecule has 2 atom stereocenters. The summed E-state index contributed by atoms with van der Waals surface area (Å²) in [5.41, 5.74) is 13.1. The van der Waals surface area contributed by atoms with E-state index in [9.17, 15) is 0 Å². The normalized spacial score (nSPS) is 20.2. The number of fused-ring (bicyclic) bond motifs is 2. The summed E-state index contributed by atoms with van der Waals surface area (Å²) in [7, 11) is 0. The number of hydrogen-bond acceptors (Lipinski definition) is 1. The van der Waals surface area contributed by atoms with Crippen molar-refractivity contribution in [2.24, 2.45) is 5.92 Å². The predicted molar refractivity (Wildman–Crippen MR) is 185 cm³/mol. The Labute approximate surface area is 260 Å². The number of anilines is 2. The fourth-order valence-corrected chi connectivity index (χ4v) is 7.73. The quantitative estimate of drug-likeness (QED) is 0.198. The molecule has 0 spiro atoms. The van der Waals surface area contributed by atoms with Gasteiger partial charge in [0.2, 0.25) is 0 Å². The molecule has 1 heteroatoms. The van der Waals surface area contributed by atoms with Gasteiger partial charge in [-0.1, -0.05) is 140 Å².